The van der Waals surface area contributed by atoms with Crippen molar-refractivity contribution in [2.75, 3.05) is 40.4 Å². The number of hydrogen-bond donors (Lipinski definition) is 2. The predicted molar refractivity (Wildman–Crippen MR) is 104 cm³/mol. The van der Waals surface area contributed by atoms with E-state index in [-0.39, 0.29) is 5.43 Å². The Morgan fingerprint density at radius 3 is 1.76 bits per heavy atom. The van der Waals surface area contributed by atoms with Crippen LogP contribution >= 0.6 is 11.3 Å². The summed E-state index contributed by atoms with van der Waals surface area (Å²) in [7, 11) is 3.76. The van der Waals surface area contributed by atoms with Crippen LogP contribution in [0.15, 0.2) is 41.2 Å². The minimum absolute atomic E-state index is 0.0156. The van der Waals surface area contributed by atoms with Crippen LogP contribution in [0, 0.1) is 0 Å². The fraction of sp³-hybridized carbons (Fsp3) is 0.316. The van der Waals surface area contributed by atoms with Gasteiger partial charge >= 0.3 is 0 Å². The van der Waals surface area contributed by atoms with Crippen LogP contribution < -0.4 is 25.5 Å². The summed E-state index contributed by atoms with van der Waals surface area (Å²) >= 11 is 1.60. The van der Waals surface area contributed by atoms with Crippen LogP contribution in [0.2, 0.25) is 0 Å². The second-order valence-electron chi connectivity index (χ2n) is 5.65. The summed E-state index contributed by atoms with van der Waals surface area (Å²) in [6, 6.07) is 11.4. The average Bonchev–Trinajstić information content (AvgIpc) is 2.63. The lowest BCUT2D eigenvalue weighted by atomic mass is 10.1. The molecule has 1 heterocycles. The van der Waals surface area contributed by atoms with E-state index in [4.69, 9.17) is 9.47 Å². The van der Waals surface area contributed by atoms with E-state index < -0.39 is 0 Å². The van der Waals surface area contributed by atoms with E-state index in [1.807, 2.05) is 50.5 Å². The molecule has 0 saturated carbocycles. The smallest absolute Gasteiger partial charge is 0.196 e. The maximum atomic E-state index is 12.9. The maximum Gasteiger partial charge on any atom is 0.196 e. The first-order valence-corrected chi connectivity index (χ1v) is 9.10. The molecule has 1 aromatic heterocycles. The fourth-order valence-corrected chi connectivity index (χ4v) is 3.57. The minimum atomic E-state index is 0.0156. The third-order valence-corrected chi connectivity index (χ3v) is 5.00. The molecule has 0 aliphatic heterocycles. The van der Waals surface area contributed by atoms with Crippen LogP contribution in [0.3, 0.4) is 0 Å². The van der Waals surface area contributed by atoms with E-state index >= 15 is 0 Å². The van der Waals surface area contributed by atoms with Gasteiger partial charge in [-0.05, 0) is 50.5 Å². The molecule has 0 aliphatic carbocycles. The van der Waals surface area contributed by atoms with Gasteiger partial charge in [0.25, 0.3) is 0 Å². The molecule has 2 aromatic carbocycles. The molecule has 2 N–H and O–H groups in total. The molecule has 0 aliphatic rings. The van der Waals surface area contributed by atoms with Gasteiger partial charge in [0, 0.05) is 33.3 Å². The van der Waals surface area contributed by atoms with Crippen LogP contribution in [0.25, 0.3) is 20.2 Å². The summed E-state index contributed by atoms with van der Waals surface area (Å²) in [4.78, 5) is 12.9. The van der Waals surface area contributed by atoms with Gasteiger partial charge in [-0.15, -0.1) is 11.3 Å². The van der Waals surface area contributed by atoms with Crippen molar-refractivity contribution in [3.8, 4) is 11.5 Å². The summed E-state index contributed by atoms with van der Waals surface area (Å²) < 4.78 is 13.3. The molecule has 6 heteroatoms. The van der Waals surface area contributed by atoms with E-state index in [1.165, 1.54) is 0 Å². The standard InChI is InChI=1S/C19H22N2O3S/c1-20-7-9-23-13-3-5-17-15(11-13)19(22)16-12-14(24-10-8-21-2)4-6-18(16)25-17/h3-6,11-12,20-21H,7-10H2,1-2H3. The van der Waals surface area contributed by atoms with Crippen molar-refractivity contribution in [1.29, 1.82) is 0 Å². The zero-order chi connectivity index (χ0) is 17.6. The molecule has 25 heavy (non-hydrogen) atoms. The molecule has 0 unspecified atom stereocenters. The Labute approximate surface area is 150 Å². The Balaban J connectivity index is 1.97. The normalized spacial score (nSPS) is 11.1. The average molecular weight is 358 g/mol. The molecule has 5 nitrogen and oxygen atoms in total. The highest BCUT2D eigenvalue weighted by molar-refractivity contribution is 7.24. The molecule has 0 fully saturated rings. The van der Waals surface area contributed by atoms with Crippen molar-refractivity contribution in [3.05, 3.63) is 46.6 Å². The van der Waals surface area contributed by atoms with E-state index in [9.17, 15) is 4.79 Å². The van der Waals surface area contributed by atoms with Gasteiger partial charge in [0.05, 0.1) is 0 Å². The van der Waals surface area contributed by atoms with Crippen molar-refractivity contribution in [2.45, 2.75) is 0 Å². The van der Waals surface area contributed by atoms with Crippen LogP contribution in [0.5, 0.6) is 11.5 Å². The van der Waals surface area contributed by atoms with Crippen LogP contribution in [-0.2, 0) is 0 Å². The molecule has 0 spiro atoms. The van der Waals surface area contributed by atoms with Crippen LogP contribution in [-0.4, -0.2) is 40.4 Å². The molecule has 0 bridgehead atoms. The zero-order valence-electron chi connectivity index (χ0n) is 14.4. The van der Waals surface area contributed by atoms with Gasteiger partial charge in [-0.3, -0.25) is 4.79 Å². The SMILES string of the molecule is CNCCOc1ccc2sc3ccc(OCCNC)cc3c(=O)c2c1. The number of nitrogens with one attached hydrogen (secondary N) is 2. The first kappa shape index (κ1) is 17.7. The van der Waals surface area contributed by atoms with Crippen molar-refractivity contribution in [3.63, 3.8) is 0 Å². The summed E-state index contributed by atoms with van der Waals surface area (Å²) in [6.45, 7) is 2.65. The maximum absolute atomic E-state index is 12.9. The van der Waals surface area contributed by atoms with E-state index in [0.29, 0.717) is 35.5 Å². The monoisotopic (exact) mass is 358 g/mol. The quantitative estimate of drug-likeness (QED) is 0.479. The Hall–Kier alpha value is -2.15. The lowest BCUT2D eigenvalue weighted by Crippen LogP contribution is -2.16. The van der Waals surface area contributed by atoms with E-state index in [2.05, 4.69) is 10.6 Å². The molecule has 3 rings (SSSR count). The number of ether oxygens (including phenoxy) is 2. The van der Waals surface area contributed by atoms with Gasteiger partial charge in [0.2, 0.25) is 0 Å². The summed E-state index contributed by atoms with van der Waals surface area (Å²) in [5.41, 5.74) is 0.0156. The summed E-state index contributed by atoms with van der Waals surface area (Å²) in [5, 5.41) is 7.44. The Morgan fingerprint density at radius 2 is 1.32 bits per heavy atom. The predicted octanol–water partition coefficient (Wildman–Crippen LogP) is 2.61. The van der Waals surface area contributed by atoms with Crippen LogP contribution in [0.4, 0.5) is 0 Å². The zero-order valence-corrected chi connectivity index (χ0v) is 15.2. The summed E-state index contributed by atoms with van der Waals surface area (Å²) in [6.07, 6.45) is 0. The number of rotatable bonds is 8. The largest absolute Gasteiger partial charge is 0.492 e. The first-order chi connectivity index (χ1) is 12.2. The van der Waals surface area contributed by atoms with Crippen molar-refractivity contribution < 1.29 is 9.47 Å². The van der Waals surface area contributed by atoms with Gasteiger partial charge < -0.3 is 20.1 Å². The molecule has 3 aromatic rings. The number of likely N-dealkylation sites (N-methyl/N-ethyl adjacent to an activating group) is 2. The van der Waals surface area contributed by atoms with Gasteiger partial charge in [-0.25, -0.2) is 0 Å². The Kier molecular flexibility index (Phi) is 5.86. The van der Waals surface area contributed by atoms with Crippen molar-refractivity contribution in [1.82, 2.24) is 10.6 Å². The van der Waals surface area contributed by atoms with E-state index in [1.54, 1.807) is 11.3 Å². The third kappa shape index (κ3) is 4.10. The molecule has 0 amide bonds. The second kappa shape index (κ2) is 8.29. The van der Waals surface area contributed by atoms with Crippen molar-refractivity contribution in [2.24, 2.45) is 0 Å². The van der Waals surface area contributed by atoms with Gasteiger partial charge in [-0.2, -0.15) is 0 Å². The summed E-state index contributed by atoms with van der Waals surface area (Å²) in [5.74, 6) is 1.43. The fourth-order valence-electron chi connectivity index (χ4n) is 2.54. The lowest BCUT2D eigenvalue weighted by molar-refractivity contribution is 0.319. The topological polar surface area (TPSA) is 59.6 Å². The minimum Gasteiger partial charge on any atom is -0.492 e. The molecule has 132 valence electrons. The molecule has 0 atom stereocenters. The molecule has 0 radical (unpaired) electrons. The first-order valence-electron chi connectivity index (χ1n) is 8.28. The third-order valence-electron chi connectivity index (χ3n) is 3.85. The molecular formula is C19H22N2O3S. The molecular weight excluding hydrogens is 336 g/mol. The highest BCUT2D eigenvalue weighted by atomic mass is 32.1. The number of benzene rings is 2. The highest BCUT2D eigenvalue weighted by Crippen LogP contribution is 2.29. The highest BCUT2D eigenvalue weighted by Gasteiger charge is 2.09. The van der Waals surface area contributed by atoms with E-state index in [0.717, 1.165) is 22.5 Å². The number of fused-ring (bicyclic) bond motifs is 2. The van der Waals surface area contributed by atoms with Gasteiger partial charge in [0.1, 0.15) is 24.7 Å². The van der Waals surface area contributed by atoms with Gasteiger partial charge in [-0.1, -0.05) is 0 Å². The number of hydrogen-bond acceptors (Lipinski definition) is 6. The molecule has 0 saturated heterocycles. The van der Waals surface area contributed by atoms with Crippen molar-refractivity contribution >= 4 is 31.5 Å². The Bertz CT molecular complexity index is 853. The van der Waals surface area contributed by atoms with Crippen LogP contribution in [0.1, 0.15) is 0 Å². The Morgan fingerprint density at radius 1 is 0.840 bits per heavy atom. The second-order valence-corrected chi connectivity index (χ2v) is 6.73. The van der Waals surface area contributed by atoms with Gasteiger partial charge in [0.15, 0.2) is 5.43 Å². The lowest BCUT2D eigenvalue weighted by Gasteiger charge is -2.09.